The molecule has 0 bridgehead atoms. The summed E-state index contributed by atoms with van der Waals surface area (Å²) in [6, 6.07) is 14.5. The zero-order valence-corrected chi connectivity index (χ0v) is 12.9. The first-order valence-electron chi connectivity index (χ1n) is 6.97. The Hall–Kier alpha value is -2.29. The molecule has 0 aliphatic heterocycles. The Morgan fingerprint density at radius 3 is 2.24 bits per heavy atom. The molecule has 2 aromatic carbocycles. The summed E-state index contributed by atoms with van der Waals surface area (Å²) in [6.07, 6.45) is 0. The number of hydrogen-bond acceptors (Lipinski definition) is 2. The molecule has 2 aromatic rings. The van der Waals surface area contributed by atoms with Crippen LogP contribution in [-0.4, -0.2) is 18.1 Å². The molecule has 0 saturated carbocycles. The van der Waals surface area contributed by atoms with Crippen molar-refractivity contribution in [1.82, 2.24) is 0 Å². The van der Waals surface area contributed by atoms with E-state index in [0.29, 0.717) is 11.3 Å². The fourth-order valence-electron chi connectivity index (χ4n) is 2.14. The molecule has 1 N–H and O–H groups in total. The van der Waals surface area contributed by atoms with Crippen LogP contribution >= 0.6 is 0 Å². The first-order valence-corrected chi connectivity index (χ1v) is 6.97. The topological polar surface area (TPSA) is 40.5 Å². The van der Waals surface area contributed by atoms with Crippen LogP contribution in [0.4, 0.5) is 5.69 Å². The van der Waals surface area contributed by atoms with Gasteiger partial charge in [-0.15, -0.1) is 0 Å². The van der Waals surface area contributed by atoms with E-state index in [1.807, 2.05) is 30.3 Å². The average Bonchev–Trinajstić information content (AvgIpc) is 2.46. The Balaban J connectivity index is 2.39. The first kappa shape index (κ1) is 15.1. The van der Waals surface area contributed by atoms with Gasteiger partial charge in [-0.05, 0) is 35.2 Å². The summed E-state index contributed by atoms with van der Waals surface area (Å²) in [6.45, 7) is 6.30. The monoisotopic (exact) mass is 283 g/mol. The van der Waals surface area contributed by atoms with Crippen LogP contribution in [-0.2, 0) is 5.41 Å². The largest absolute Gasteiger partial charge is 0.506 e. The third-order valence-electron chi connectivity index (χ3n) is 3.53. The molecule has 0 saturated heterocycles. The van der Waals surface area contributed by atoms with E-state index < -0.39 is 0 Å². The van der Waals surface area contributed by atoms with Crippen LogP contribution < -0.4 is 4.90 Å². The van der Waals surface area contributed by atoms with Crippen LogP contribution in [0.3, 0.4) is 0 Å². The lowest BCUT2D eigenvalue weighted by Crippen LogP contribution is -2.26. The summed E-state index contributed by atoms with van der Waals surface area (Å²) in [5.74, 6) is -0.0354. The number of phenols is 1. The smallest absolute Gasteiger partial charge is 0.258 e. The summed E-state index contributed by atoms with van der Waals surface area (Å²) in [7, 11) is 1.68. The number of carbonyl (C=O) groups excluding carboxylic acids is 1. The lowest BCUT2D eigenvalue weighted by Gasteiger charge is -2.24. The number of phenolic OH excluding ortho intramolecular Hbond substituents is 1. The highest BCUT2D eigenvalue weighted by atomic mass is 16.3. The van der Waals surface area contributed by atoms with E-state index in [4.69, 9.17) is 0 Å². The van der Waals surface area contributed by atoms with Crippen molar-refractivity contribution in [3.63, 3.8) is 0 Å². The average molecular weight is 283 g/mol. The molecule has 0 radical (unpaired) electrons. The number of anilines is 1. The number of aromatic hydroxyl groups is 1. The van der Waals surface area contributed by atoms with Gasteiger partial charge >= 0.3 is 0 Å². The van der Waals surface area contributed by atoms with Gasteiger partial charge < -0.3 is 10.0 Å². The number of hydrogen-bond donors (Lipinski definition) is 1. The Labute approximate surface area is 125 Å². The molecule has 0 unspecified atom stereocenters. The first-order chi connectivity index (χ1) is 9.80. The van der Waals surface area contributed by atoms with Crippen molar-refractivity contribution in [3.8, 4) is 5.75 Å². The molecule has 0 aliphatic rings. The molecule has 1 amide bonds. The summed E-state index contributed by atoms with van der Waals surface area (Å²) >= 11 is 0. The van der Waals surface area contributed by atoms with E-state index in [0.717, 1.165) is 5.56 Å². The minimum Gasteiger partial charge on any atom is -0.506 e. The van der Waals surface area contributed by atoms with Gasteiger partial charge in [-0.2, -0.15) is 0 Å². The molecular formula is C18H21NO2. The SMILES string of the molecule is CN(C(=O)c1ccccc1)c1cc(C(C)(C)C)ccc1O. The predicted octanol–water partition coefficient (Wildman–Crippen LogP) is 3.97. The highest BCUT2D eigenvalue weighted by Gasteiger charge is 2.20. The molecular weight excluding hydrogens is 262 g/mol. The number of rotatable bonds is 2. The lowest BCUT2D eigenvalue weighted by atomic mass is 9.86. The van der Waals surface area contributed by atoms with Crippen molar-refractivity contribution < 1.29 is 9.90 Å². The van der Waals surface area contributed by atoms with Gasteiger partial charge in [0.05, 0.1) is 5.69 Å². The van der Waals surface area contributed by atoms with Crippen molar-refractivity contribution in [1.29, 1.82) is 0 Å². The molecule has 3 heteroatoms. The van der Waals surface area contributed by atoms with Gasteiger partial charge in [0, 0.05) is 12.6 Å². The zero-order chi connectivity index (χ0) is 15.6. The van der Waals surface area contributed by atoms with Crippen molar-refractivity contribution in [3.05, 3.63) is 59.7 Å². The van der Waals surface area contributed by atoms with Gasteiger partial charge in [-0.25, -0.2) is 0 Å². The van der Waals surface area contributed by atoms with Gasteiger partial charge in [0.2, 0.25) is 0 Å². The van der Waals surface area contributed by atoms with Crippen LogP contribution in [0.2, 0.25) is 0 Å². The molecule has 0 atom stereocenters. The van der Waals surface area contributed by atoms with Crippen molar-refractivity contribution in [2.45, 2.75) is 26.2 Å². The maximum atomic E-state index is 12.5. The fraction of sp³-hybridized carbons (Fsp3) is 0.278. The summed E-state index contributed by atoms with van der Waals surface area (Å²) < 4.78 is 0. The number of nitrogens with zero attached hydrogens (tertiary/aromatic N) is 1. The molecule has 0 spiro atoms. The maximum absolute atomic E-state index is 12.5. The third-order valence-corrected chi connectivity index (χ3v) is 3.53. The molecule has 0 heterocycles. The minimum atomic E-state index is -0.142. The molecule has 3 nitrogen and oxygen atoms in total. The van der Waals surface area contributed by atoms with Crippen LogP contribution in [0.15, 0.2) is 48.5 Å². The van der Waals surface area contributed by atoms with E-state index >= 15 is 0 Å². The number of amides is 1. The van der Waals surface area contributed by atoms with E-state index in [9.17, 15) is 9.90 Å². The molecule has 2 rings (SSSR count). The Bertz CT molecular complexity index is 642. The highest BCUT2D eigenvalue weighted by Crippen LogP contribution is 2.33. The van der Waals surface area contributed by atoms with E-state index in [1.54, 1.807) is 25.2 Å². The van der Waals surface area contributed by atoms with Crippen LogP contribution in [0.25, 0.3) is 0 Å². The molecule has 0 aliphatic carbocycles. The maximum Gasteiger partial charge on any atom is 0.258 e. The second-order valence-corrected chi connectivity index (χ2v) is 6.18. The standard InChI is InChI=1S/C18H21NO2/c1-18(2,3)14-10-11-16(20)15(12-14)19(4)17(21)13-8-6-5-7-9-13/h5-12,20H,1-4H3. The minimum absolute atomic E-state index is 0.0426. The Morgan fingerprint density at radius 2 is 1.67 bits per heavy atom. The lowest BCUT2D eigenvalue weighted by molar-refractivity contribution is 0.0992. The van der Waals surface area contributed by atoms with Crippen molar-refractivity contribution in [2.75, 3.05) is 11.9 Å². The van der Waals surface area contributed by atoms with Crippen LogP contribution in [0.1, 0.15) is 36.7 Å². The van der Waals surface area contributed by atoms with Gasteiger partial charge in [-0.1, -0.05) is 45.0 Å². The second kappa shape index (κ2) is 5.60. The van der Waals surface area contributed by atoms with E-state index in [1.165, 1.54) is 4.90 Å². The van der Waals surface area contributed by atoms with Crippen molar-refractivity contribution in [2.24, 2.45) is 0 Å². The molecule has 21 heavy (non-hydrogen) atoms. The zero-order valence-electron chi connectivity index (χ0n) is 12.9. The Morgan fingerprint density at radius 1 is 1.05 bits per heavy atom. The van der Waals surface area contributed by atoms with Crippen molar-refractivity contribution >= 4 is 11.6 Å². The van der Waals surface area contributed by atoms with E-state index in [2.05, 4.69) is 20.8 Å². The van der Waals surface area contributed by atoms with Gasteiger partial charge in [0.1, 0.15) is 5.75 Å². The fourth-order valence-corrected chi connectivity index (χ4v) is 2.14. The second-order valence-electron chi connectivity index (χ2n) is 6.18. The Kier molecular flexibility index (Phi) is 4.03. The quantitative estimate of drug-likeness (QED) is 0.906. The molecule has 0 fully saturated rings. The van der Waals surface area contributed by atoms with Crippen LogP contribution in [0.5, 0.6) is 5.75 Å². The number of carbonyl (C=O) groups is 1. The van der Waals surface area contributed by atoms with Gasteiger partial charge in [0.15, 0.2) is 0 Å². The number of benzene rings is 2. The van der Waals surface area contributed by atoms with Crippen LogP contribution in [0, 0.1) is 0 Å². The predicted molar refractivity (Wildman–Crippen MR) is 86.0 cm³/mol. The third kappa shape index (κ3) is 3.24. The molecule has 110 valence electrons. The summed E-state index contributed by atoms with van der Waals surface area (Å²) in [4.78, 5) is 14.0. The van der Waals surface area contributed by atoms with Gasteiger partial charge in [0.25, 0.3) is 5.91 Å². The van der Waals surface area contributed by atoms with Gasteiger partial charge in [-0.3, -0.25) is 4.79 Å². The normalized spacial score (nSPS) is 11.2. The summed E-state index contributed by atoms with van der Waals surface area (Å²) in [5.41, 5.74) is 2.15. The molecule has 0 aromatic heterocycles. The highest BCUT2D eigenvalue weighted by molar-refractivity contribution is 6.06. The van der Waals surface area contributed by atoms with E-state index in [-0.39, 0.29) is 17.1 Å². The summed E-state index contributed by atoms with van der Waals surface area (Å²) in [5, 5.41) is 10.1.